The van der Waals surface area contributed by atoms with Crippen LogP contribution in [-0.4, -0.2) is 43.0 Å². The van der Waals surface area contributed by atoms with Crippen molar-refractivity contribution in [2.24, 2.45) is 0 Å². The summed E-state index contributed by atoms with van der Waals surface area (Å²) in [5, 5.41) is 7.07. The van der Waals surface area contributed by atoms with Crippen LogP contribution in [0.25, 0.3) is 0 Å². The smallest absolute Gasteiger partial charge is 0.251 e. The average Bonchev–Trinajstić information content (AvgIpc) is 3.09. The third-order valence-electron chi connectivity index (χ3n) is 4.23. The maximum absolute atomic E-state index is 6.07. The summed E-state index contributed by atoms with van der Waals surface area (Å²) in [5.74, 6) is 1.24. The van der Waals surface area contributed by atoms with Gasteiger partial charge in [-0.3, -0.25) is 0 Å². The molecule has 2 N–H and O–H groups in total. The van der Waals surface area contributed by atoms with E-state index < -0.39 is 5.79 Å². The molecule has 3 rings (SSSR count). The minimum Gasteiger partial charge on any atom is -0.448 e. The van der Waals surface area contributed by atoms with Crippen LogP contribution in [0.5, 0.6) is 11.5 Å². The molecule has 1 aliphatic carbocycles. The number of fused-ring (bicyclic) bond motifs is 1. The van der Waals surface area contributed by atoms with Crippen molar-refractivity contribution >= 4 is 23.0 Å². The van der Waals surface area contributed by atoms with Gasteiger partial charge in [-0.2, -0.15) is 0 Å². The molecule has 126 valence electrons. The Balaban J connectivity index is 1.51. The molecule has 1 spiro atoms. The molecule has 0 atom stereocenters. The second kappa shape index (κ2) is 6.93. The van der Waals surface area contributed by atoms with Crippen molar-refractivity contribution in [3.8, 4) is 11.5 Å². The lowest BCUT2D eigenvalue weighted by molar-refractivity contribution is -0.0716. The van der Waals surface area contributed by atoms with Crippen molar-refractivity contribution in [2.75, 3.05) is 32.5 Å². The molecule has 1 heterocycles. The highest BCUT2D eigenvalue weighted by Crippen LogP contribution is 2.47. The first-order valence-corrected chi connectivity index (χ1v) is 8.69. The van der Waals surface area contributed by atoms with Crippen molar-refractivity contribution in [1.29, 1.82) is 0 Å². The first-order chi connectivity index (χ1) is 11.1. The molecule has 0 bridgehead atoms. The summed E-state index contributed by atoms with van der Waals surface area (Å²) in [6, 6.07) is 5.90. The van der Waals surface area contributed by atoms with Crippen LogP contribution in [0.15, 0.2) is 18.2 Å². The van der Waals surface area contributed by atoms with Gasteiger partial charge in [-0.05, 0) is 64.3 Å². The van der Waals surface area contributed by atoms with E-state index in [0.717, 1.165) is 49.5 Å². The van der Waals surface area contributed by atoms with Gasteiger partial charge in [0.2, 0.25) is 0 Å². The number of anilines is 1. The maximum Gasteiger partial charge on any atom is 0.251 e. The fraction of sp³-hybridized carbons (Fsp3) is 0.588. The Morgan fingerprint density at radius 1 is 1.22 bits per heavy atom. The molecule has 2 aliphatic rings. The summed E-state index contributed by atoms with van der Waals surface area (Å²) in [5.41, 5.74) is 0.924. The first kappa shape index (κ1) is 16.3. The van der Waals surface area contributed by atoms with Crippen molar-refractivity contribution in [3.63, 3.8) is 0 Å². The third-order valence-corrected chi connectivity index (χ3v) is 4.47. The van der Waals surface area contributed by atoms with E-state index in [0.29, 0.717) is 5.11 Å². The number of rotatable bonds is 5. The molecular weight excluding hydrogens is 310 g/mol. The maximum atomic E-state index is 6.07. The third kappa shape index (κ3) is 4.06. The summed E-state index contributed by atoms with van der Waals surface area (Å²) in [7, 11) is 4.14. The topological polar surface area (TPSA) is 45.8 Å². The molecule has 1 saturated carbocycles. The van der Waals surface area contributed by atoms with E-state index in [9.17, 15) is 0 Å². The standard InChI is InChI=1S/C17H25N3O2S/c1-20(2)11-5-10-18-16(23)19-13-6-7-14-15(12-13)22-17(21-14)8-3-4-9-17/h6-7,12H,3-5,8-11H2,1-2H3,(H2,18,19,23). The second-order valence-electron chi connectivity index (χ2n) is 6.52. The van der Waals surface area contributed by atoms with Crippen molar-refractivity contribution in [3.05, 3.63) is 18.2 Å². The molecule has 23 heavy (non-hydrogen) atoms. The van der Waals surface area contributed by atoms with Gasteiger partial charge in [0.25, 0.3) is 5.79 Å². The Labute approximate surface area is 143 Å². The Morgan fingerprint density at radius 3 is 2.70 bits per heavy atom. The van der Waals surface area contributed by atoms with Gasteiger partial charge in [0, 0.05) is 31.1 Å². The molecule has 0 amide bonds. The van der Waals surface area contributed by atoms with Crippen LogP contribution in [0.3, 0.4) is 0 Å². The van der Waals surface area contributed by atoms with Crippen molar-refractivity contribution in [1.82, 2.24) is 10.2 Å². The summed E-state index contributed by atoms with van der Waals surface area (Å²) >= 11 is 5.34. The first-order valence-electron chi connectivity index (χ1n) is 8.28. The fourth-order valence-corrected chi connectivity index (χ4v) is 3.28. The lowest BCUT2D eigenvalue weighted by atomic mass is 10.2. The number of hydrogen-bond acceptors (Lipinski definition) is 4. The van der Waals surface area contributed by atoms with E-state index in [-0.39, 0.29) is 0 Å². The lowest BCUT2D eigenvalue weighted by Gasteiger charge is -2.21. The number of benzene rings is 1. The van der Waals surface area contributed by atoms with E-state index in [1.165, 1.54) is 12.8 Å². The zero-order chi connectivity index (χ0) is 16.3. The largest absolute Gasteiger partial charge is 0.448 e. The highest BCUT2D eigenvalue weighted by atomic mass is 32.1. The van der Waals surface area contributed by atoms with Gasteiger partial charge in [-0.15, -0.1) is 0 Å². The van der Waals surface area contributed by atoms with Gasteiger partial charge in [-0.25, -0.2) is 0 Å². The van der Waals surface area contributed by atoms with Crippen LogP contribution < -0.4 is 20.1 Å². The van der Waals surface area contributed by atoms with Crippen LogP contribution in [-0.2, 0) is 0 Å². The molecular formula is C17H25N3O2S. The molecule has 0 saturated heterocycles. The van der Waals surface area contributed by atoms with Crippen LogP contribution in [0.1, 0.15) is 32.1 Å². The van der Waals surface area contributed by atoms with Gasteiger partial charge in [0.1, 0.15) is 0 Å². The number of nitrogens with one attached hydrogen (secondary N) is 2. The van der Waals surface area contributed by atoms with Crippen LogP contribution in [0.4, 0.5) is 5.69 Å². The van der Waals surface area contributed by atoms with E-state index >= 15 is 0 Å². The molecule has 1 aromatic carbocycles. The van der Waals surface area contributed by atoms with Gasteiger partial charge >= 0.3 is 0 Å². The minimum absolute atomic E-state index is 0.411. The molecule has 1 fully saturated rings. The Morgan fingerprint density at radius 2 is 1.96 bits per heavy atom. The molecule has 1 aromatic rings. The van der Waals surface area contributed by atoms with Crippen molar-refractivity contribution < 1.29 is 9.47 Å². The molecule has 0 radical (unpaired) electrons. The van der Waals surface area contributed by atoms with Gasteiger partial charge in [0.15, 0.2) is 16.6 Å². The number of hydrogen-bond donors (Lipinski definition) is 2. The van der Waals surface area contributed by atoms with Gasteiger partial charge < -0.3 is 25.0 Å². The zero-order valence-corrected chi connectivity index (χ0v) is 14.7. The van der Waals surface area contributed by atoms with E-state index in [1.54, 1.807) is 0 Å². The number of thiocarbonyl (C=S) groups is 1. The Hall–Kier alpha value is -1.53. The summed E-state index contributed by atoms with van der Waals surface area (Å²) in [4.78, 5) is 2.16. The molecule has 5 nitrogen and oxygen atoms in total. The lowest BCUT2D eigenvalue weighted by Crippen LogP contribution is -2.34. The monoisotopic (exact) mass is 335 g/mol. The molecule has 6 heteroatoms. The normalized spacial score (nSPS) is 17.7. The van der Waals surface area contributed by atoms with Crippen LogP contribution in [0.2, 0.25) is 0 Å². The predicted molar refractivity (Wildman–Crippen MR) is 96.3 cm³/mol. The molecule has 0 aromatic heterocycles. The SMILES string of the molecule is CN(C)CCCNC(=S)Nc1ccc2c(c1)OC1(CCCC1)O2. The molecule has 0 unspecified atom stereocenters. The zero-order valence-electron chi connectivity index (χ0n) is 13.9. The number of nitrogens with zero attached hydrogens (tertiary/aromatic N) is 1. The van der Waals surface area contributed by atoms with Crippen LogP contribution >= 0.6 is 12.2 Å². The summed E-state index contributed by atoms with van der Waals surface area (Å²) < 4.78 is 12.1. The van der Waals surface area contributed by atoms with Gasteiger partial charge in [-0.1, -0.05) is 0 Å². The van der Waals surface area contributed by atoms with E-state index in [1.807, 2.05) is 18.2 Å². The van der Waals surface area contributed by atoms with Crippen LogP contribution in [0, 0.1) is 0 Å². The van der Waals surface area contributed by atoms with Crippen molar-refractivity contribution in [2.45, 2.75) is 37.9 Å². The Kier molecular flexibility index (Phi) is 4.92. The predicted octanol–water partition coefficient (Wildman–Crippen LogP) is 2.97. The Bertz CT molecular complexity index is 571. The molecule has 1 aliphatic heterocycles. The highest BCUT2D eigenvalue weighted by molar-refractivity contribution is 7.80. The van der Waals surface area contributed by atoms with E-state index in [4.69, 9.17) is 21.7 Å². The quantitative estimate of drug-likeness (QED) is 0.637. The summed E-state index contributed by atoms with van der Waals surface area (Å²) in [6.45, 7) is 1.90. The van der Waals surface area contributed by atoms with Gasteiger partial charge in [0.05, 0.1) is 0 Å². The minimum atomic E-state index is -0.411. The van der Waals surface area contributed by atoms with E-state index in [2.05, 4.69) is 29.6 Å². The number of ether oxygens (including phenoxy) is 2. The fourth-order valence-electron chi connectivity index (χ4n) is 3.06. The summed E-state index contributed by atoms with van der Waals surface area (Å²) in [6.07, 6.45) is 5.32. The average molecular weight is 335 g/mol. The second-order valence-corrected chi connectivity index (χ2v) is 6.93. The highest BCUT2D eigenvalue weighted by Gasteiger charge is 2.44.